The van der Waals surface area contributed by atoms with Gasteiger partial charge >= 0.3 is 0 Å². The predicted octanol–water partition coefficient (Wildman–Crippen LogP) is 0.216. The first-order chi connectivity index (χ1) is 11.0. The minimum atomic E-state index is -1.29. The van der Waals surface area contributed by atoms with E-state index in [1.807, 2.05) is 0 Å². The fourth-order valence-corrected chi connectivity index (χ4v) is 1.62. The summed E-state index contributed by atoms with van der Waals surface area (Å²) < 4.78 is 4.86. The van der Waals surface area contributed by atoms with Crippen LogP contribution in [-0.2, 0) is 14.3 Å². The first kappa shape index (κ1) is 21.5. The number of aliphatic hydroxyl groups is 4. The standard InChI is InChI=1S/C16H26O7/c17-9-3-1-5-13(19)15(21)7-11-23-12-8-16(22)14(20)6-2-4-10-18/h7-8,11-12,15-18,21-22H,1-6,9-10H2. The lowest BCUT2D eigenvalue weighted by molar-refractivity contribution is -0.125. The SMILES string of the molecule is O=C(CCCCO)C(O)C=COC=CC(O)C(=O)CCCCO. The molecule has 7 heteroatoms. The Kier molecular flexibility index (Phi) is 13.1. The summed E-state index contributed by atoms with van der Waals surface area (Å²) in [6, 6.07) is 0. The number of ketones is 2. The molecule has 0 heterocycles. The van der Waals surface area contributed by atoms with Gasteiger partial charge in [-0.25, -0.2) is 0 Å². The highest BCUT2D eigenvalue weighted by molar-refractivity contribution is 5.84. The molecule has 0 fully saturated rings. The fourth-order valence-electron chi connectivity index (χ4n) is 1.62. The number of hydrogen-bond acceptors (Lipinski definition) is 7. The molecule has 0 aliphatic carbocycles. The topological polar surface area (TPSA) is 124 Å². The van der Waals surface area contributed by atoms with Crippen molar-refractivity contribution in [2.24, 2.45) is 0 Å². The molecule has 0 spiro atoms. The number of ether oxygens (including phenoxy) is 1. The minimum absolute atomic E-state index is 0.00810. The Morgan fingerprint density at radius 2 is 1.17 bits per heavy atom. The molecule has 0 saturated heterocycles. The van der Waals surface area contributed by atoms with E-state index in [-0.39, 0.29) is 37.6 Å². The Morgan fingerprint density at radius 1 is 0.783 bits per heavy atom. The zero-order chi connectivity index (χ0) is 17.5. The number of carbonyl (C=O) groups is 2. The van der Waals surface area contributed by atoms with Crippen molar-refractivity contribution in [1.29, 1.82) is 0 Å². The second-order valence-corrected chi connectivity index (χ2v) is 4.98. The molecule has 2 unspecified atom stereocenters. The lowest BCUT2D eigenvalue weighted by Crippen LogP contribution is -2.17. The second kappa shape index (κ2) is 14.1. The van der Waals surface area contributed by atoms with Gasteiger partial charge in [-0.05, 0) is 37.8 Å². The maximum atomic E-state index is 11.4. The Labute approximate surface area is 135 Å². The highest BCUT2D eigenvalue weighted by Gasteiger charge is 2.11. The molecular formula is C16H26O7. The molecule has 132 valence electrons. The normalized spacial score (nSPS) is 14.3. The van der Waals surface area contributed by atoms with Gasteiger partial charge in [0.25, 0.3) is 0 Å². The van der Waals surface area contributed by atoms with Gasteiger partial charge in [0.1, 0.15) is 12.2 Å². The number of Topliss-reactive ketones (excluding diaryl/α,β-unsaturated/α-hetero) is 2. The third-order valence-corrected chi connectivity index (χ3v) is 3.00. The van der Waals surface area contributed by atoms with E-state index in [0.29, 0.717) is 25.7 Å². The fraction of sp³-hybridized carbons (Fsp3) is 0.625. The summed E-state index contributed by atoms with van der Waals surface area (Å²) in [7, 11) is 0. The summed E-state index contributed by atoms with van der Waals surface area (Å²) in [5.74, 6) is -0.747. The minimum Gasteiger partial charge on any atom is -0.473 e. The van der Waals surface area contributed by atoms with Crippen LogP contribution in [0.15, 0.2) is 24.7 Å². The molecule has 0 amide bonds. The van der Waals surface area contributed by atoms with Gasteiger partial charge in [0.2, 0.25) is 0 Å². The lowest BCUT2D eigenvalue weighted by atomic mass is 10.1. The van der Waals surface area contributed by atoms with Gasteiger partial charge in [0.05, 0.1) is 12.5 Å². The molecule has 7 nitrogen and oxygen atoms in total. The molecule has 0 bridgehead atoms. The van der Waals surface area contributed by atoms with Crippen LogP contribution in [0.2, 0.25) is 0 Å². The van der Waals surface area contributed by atoms with Crippen LogP contribution in [0.5, 0.6) is 0 Å². The zero-order valence-electron chi connectivity index (χ0n) is 13.1. The van der Waals surface area contributed by atoms with Crippen LogP contribution in [0.4, 0.5) is 0 Å². The molecule has 0 aliphatic heterocycles. The summed E-state index contributed by atoms with van der Waals surface area (Å²) >= 11 is 0. The lowest BCUT2D eigenvalue weighted by Gasteiger charge is -2.04. The number of rotatable bonds is 14. The van der Waals surface area contributed by atoms with Crippen molar-refractivity contribution < 1.29 is 34.8 Å². The van der Waals surface area contributed by atoms with E-state index in [9.17, 15) is 19.8 Å². The van der Waals surface area contributed by atoms with Crippen molar-refractivity contribution in [2.75, 3.05) is 13.2 Å². The zero-order valence-corrected chi connectivity index (χ0v) is 13.1. The van der Waals surface area contributed by atoms with Gasteiger partial charge in [-0.1, -0.05) is 0 Å². The molecule has 0 rings (SSSR count). The highest BCUT2D eigenvalue weighted by Crippen LogP contribution is 2.02. The van der Waals surface area contributed by atoms with Gasteiger partial charge in [0, 0.05) is 26.1 Å². The van der Waals surface area contributed by atoms with E-state index < -0.39 is 12.2 Å². The summed E-state index contributed by atoms with van der Waals surface area (Å²) in [5, 5.41) is 36.2. The van der Waals surface area contributed by atoms with E-state index in [1.165, 1.54) is 0 Å². The Hall–Kier alpha value is -1.54. The molecule has 23 heavy (non-hydrogen) atoms. The average Bonchev–Trinajstić information content (AvgIpc) is 2.54. The molecule has 0 radical (unpaired) electrons. The second-order valence-electron chi connectivity index (χ2n) is 4.98. The van der Waals surface area contributed by atoms with Crippen molar-refractivity contribution in [3.05, 3.63) is 24.7 Å². The first-order valence-corrected chi connectivity index (χ1v) is 7.65. The largest absolute Gasteiger partial charge is 0.473 e. The molecule has 2 atom stereocenters. The Bertz CT molecular complexity index is 354. The monoisotopic (exact) mass is 330 g/mol. The van der Waals surface area contributed by atoms with Gasteiger partial charge < -0.3 is 25.2 Å². The summed E-state index contributed by atoms with van der Waals surface area (Å²) in [4.78, 5) is 22.9. The number of hydrogen-bond donors (Lipinski definition) is 4. The third kappa shape index (κ3) is 11.7. The molecule has 0 aliphatic rings. The van der Waals surface area contributed by atoms with Crippen molar-refractivity contribution in [1.82, 2.24) is 0 Å². The maximum absolute atomic E-state index is 11.4. The van der Waals surface area contributed by atoms with Gasteiger partial charge in [-0.15, -0.1) is 0 Å². The van der Waals surface area contributed by atoms with Crippen LogP contribution in [0, 0.1) is 0 Å². The summed E-state index contributed by atoms with van der Waals surface area (Å²) in [5.41, 5.74) is 0. The van der Waals surface area contributed by atoms with Crippen LogP contribution in [-0.4, -0.2) is 57.4 Å². The van der Waals surface area contributed by atoms with Crippen molar-refractivity contribution in [3.63, 3.8) is 0 Å². The van der Waals surface area contributed by atoms with E-state index in [0.717, 1.165) is 24.7 Å². The Morgan fingerprint density at radius 3 is 1.52 bits per heavy atom. The van der Waals surface area contributed by atoms with Crippen molar-refractivity contribution >= 4 is 11.6 Å². The van der Waals surface area contributed by atoms with E-state index in [4.69, 9.17) is 14.9 Å². The van der Waals surface area contributed by atoms with Crippen molar-refractivity contribution in [2.45, 2.75) is 50.7 Å². The molecule has 0 saturated carbocycles. The quantitative estimate of drug-likeness (QED) is 0.265. The van der Waals surface area contributed by atoms with Crippen LogP contribution < -0.4 is 0 Å². The first-order valence-electron chi connectivity index (χ1n) is 7.65. The molecule has 0 aromatic rings. The van der Waals surface area contributed by atoms with E-state index in [2.05, 4.69) is 0 Å². The molecule has 4 N–H and O–H groups in total. The van der Waals surface area contributed by atoms with Crippen LogP contribution in [0.3, 0.4) is 0 Å². The molecule has 0 aromatic carbocycles. The molecule has 0 aromatic heterocycles. The van der Waals surface area contributed by atoms with Gasteiger partial charge in [-0.3, -0.25) is 9.59 Å². The third-order valence-electron chi connectivity index (χ3n) is 3.00. The van der Waals surface area contributed by atoms with Crippen LogP contribution >= 0.6 is 0 Å². The van der Waals surface area contributed by atoms with E-state index in [1.54, 1.807) is 0 Å². The van der Waals surface area contributed by atoms with Gasteiger partial charge in [-0.2, -0.15) is 0 Å². The number of aliphatic hydroxyl groups excluding tert-OH is 4. The smallest absolute Gasteiger partial charge is 0.165 e. The van der Waals surface area contributed by atoms with Gasteiger partial charge in [0.15, 0.2) is 11.6 Å². The number of carbonyl (C=O) groups excluding carboxylic acids is 2. The Balaban J connectivity index is 3.97. The van der Waals surface area contributed by atoms with Crippen LogP contribution in [0.25, 0.3) is 0 Å². The molecular weight excluding hydrogens is 304 g/mol. The van der Waals surface area contributed by atoms with E-state index >= 15 is 0 Å². The summed E-state index contributed by atoms with van der Waals surface area (Å²) in [6.45, 7) is 0.0162. The number of unbranched alkanes of at least 4 members (excludes halogenated alkanes) is 2. The average molecular weight is 330 g/mol. The highest BCUT2D eigenvalue weighted by atomic mass is 16.5. The van der Waals surface area contributed by atoms with Crippen LogP contribution in [0.1, 0.15) is 38.5 Å². The summed E-state index contributed by atoms with van der Waals surface area (Å²) in [6.07, 6.45) is 4.28. The maximum Gasteiger partial charge on any atom is 0.165 e. The van der Waals surface area contributed by atoms with Crippen molar-refractivity contribution in [3.8, 4) is 0 Å². The predicted molar refractivity (Wildman–Crippen MR) is 83.3 cm³/mol.